The second-order valence-corrected chi connectivity index (χ2v) is 6.90. The lowest BCUT2D eigenvalue weighted by molar-refractivity contribution is -0.383. The van der Waals surface area contributed by atoms with Crippen LogP contribution >= 0.6 is 0 Å². The van der Waals surface area contributed by atoms with Gasteiger partial charge in [-0.05, 0) is 0 Å². The fourth-order valence-electron chi connectivity index (χ4n) is 2.63. The molecule has 176 valence electrons. The number of hydrogen-bond acceptors (Lipinski definition) is 14. The molecule has 0 aliphatic carbocycles. The van der Waals surface area contributed by atoms with Gasteiger partial charge in [-0.1, -0.05) is 0 Å². The van der Waals surface area contributed by atoms with Crippen molar-refractivity contribution >= 4 is 10.4 Å². The first kappa shape index (κ1) is 28.4. The molecule has 16 nitrogen and oxygen atoms in total. The number of ether oxygens (including phenoxy) is 3. The number of rotatable bonds is 5. The molecule has 29 heavy (non-hydrogen) atoms. The fourth-order valence-corrected chi connectivity index (χ4v) is 2.63. The van der Waals surface area contributed by atoms with Crippen LogP contribution in [0.5, 0.6) is 0 Å². The van der Waals surface area contributed by atoms with Gasteiger partial charge in [-0.2, -0.15) is 8.42 Å². The van der Waals surface area contributed by atoms with Gasteiger partial charge in [-0.3, -0.25) is 9.11 Å². The first-order valence-electron chi connectivity index (χ1n) is 7.75. The van der Waals surface area contributed by atoms with Crippen LogP contribution < -0.4 is 6.15 Å². The molecular formula is C12H27NO15S. The molecule has 0 spiro atoms. The SMILES string of the molecule is N.O=S(=O)(O)O.OC[C@H]1O[C@@](CO)(O[C@H]2O[C@H](CO)[C@@H](O)[C@H](O)[C@H]2O)[C@@H](O)[C@@H]1O. The minimum Gasteiger partial charge on any atom is -0.394 e. The van der Waals surface area contributed by atoms with Crippen molar-refractivity contribution in [2.75, 3.05) is 19.8 Å². The minimum atomic E-state index is -4.67. The van der Waals surface area contributed by atoms with E-state index in [0.29, 0.717) is 0 Å². The number of aliphatic hydroxyl groups excluding tert-OH is 8. The highest BCUT2D eigenvalue weighted by Crippen LogP contribution is 2.35. The van der Waals surface area contributed by atoms with Crippen LogP contribution in [-0.4, -0.2) is 133 Å². The average molecular weight is 457 g/mol. The van der Waals surface area contributed by atoms with Crippen LogP contribution in [0.2, 0.25) is 0 Å². The van der Waals surface area contributed by atoms with Gasteiger partial charge in [0.15, 0.2) is 6.29 Å². The third-order valence-electron chi connectivity index (χ3n) is 4.07. The zero-order valence-corrected chi connectivity index (χ0v) is 15.7. The van der Waals surface area contributed by atoms with Gasteiger partial charge in [0.1, 0.15) is 49.3 Å². The summed E-state index contributed by atoms with van der Waals surface area (Å²) in [6.07, 6.45) is -12.7. The van der Waals surface area contributed by atoms with E-state index in [1.165, 1.54) is 0 Å². The highest BCUT2D eigenvalue weighted by molar-refractivity contribution is 7.79. The third kappa shape index (κ3) is 6.95. The van der Waals surface area contributed by atoms with Crippen LogP contribution in [0.25, 0.3) is 0 Å². The molecule has 0 bridgehead atoms. The summed E-state index contributed by atoms with van der Waals surface area (Å²) in [5, 5.41) is 76.7. The summed E-state index contributed by atoms with van der Waals surface area (Å²) >= 11 is 0. The molecule has 0 aromatic heterocycles. The normalized spacial score (nSPS) is 42.6. The van der Waals surface area contributed by atoms with Gasteiger partial charge < -0.3 is 61.2 Å². The molecule has 9 atom stereocenters. The molecule has 0 aromatic rings. The zero-order chi connectivity index (χ0) is 21.9. The van der Waals surface area contributed by atoms with Crippen molar-refractivity contribution < 1.29 is 72.6 Å². The van der Waals surface area contributed by atoms with Crippen LogP contribution in [0.4, 0.5) is 0 Å². The maximum Gasteiger partial charge on any atom is 0.394 e. The lowest BCUT2D eigenvalue weighted by Gasteiger charge is -2.43. The van der Waals surface area contributed by atoms with Gasteiger partial charge in [0.05, 0.1) is 13.2 Å². The Hall–Kier alpha value is -0.610. The Bertz CT molecular complexity index is 582. The van der Waals surface area contributed by atoms with Gasteiger partial charge in [-0.25, -0.2) is 0 Å². The number of aliphatic hydroxyl groups is 8. The molecule has 2 aliphatic rings. The van der Waals surface area contributed by atoms with E-state index in [4.69, 9.17) is 41.9 Å². The lowest BCUT2D eigenvalue weighted by Crippen LogP contribution is -2.62. The molecule has 2 saturated heterocycles. The second kappa shape index (κ2) is 11.1. The van der Waals surface area contributed by atoms with Crippen molar-refractivity contribution in [1.82, 2.24) is 6.15 Å². The summed E-state index contributed by atoms with van der Waals surface area (Å²) < 4.78 is 47.0. The molecule has 0 amide bonds. The highest BCUT2D eigenvalue weighted by Gasteiger charge is 2.58. The molecular weight excluding hydrogens is 430 g/mol. The van der Waals surface area contributed by atoms with Crippen molar-refractivity contribution in [1.29, 1.82) is 0 Å². The van der Waals surface area contributed by atoms with E-state index in [2.05, 4.69) is 0 Å². The highest BCUT2D eigenvalue weighted by atomic mass is 32.3. The zero-order valence-electron chi connectivity index (χ0n) is 14.9. The van der Waals surface area contributed by atoms with E-state index in [-0.39, 0.29) is 6.15 Å². The average Bonchev–Trinajstić information content (AvgIpc) is 2.86. The predicted molar refractivity (Wildman–Crippen MR) is 87.8 cm³/mol. The first-order chi connectivity index (χ1) is 12.8. The number of hydrogen-bond donors (Lipinski definition) is 11. The molecule has 17 heteroatoms. The van der Waals surface area contributed by atoms with Crippen LogP contribution in [-0.2, 0) is 24.6 Å². The van der Waals surface area contributed by atoms with E-state index in [0.717, 1.165) is 0 Å². The Morgan fingerprint density at radius 1 is 0.828 bits per heavy atom. The molecule has 0 unspecified atom stereocenters. The quantitative estimate of drug-likeness (QED) is 0.171. The molecule has 2 heterocycles. The van der Waals surface area contributed by atoms with Crippen LogP contribution in [0.3, 0.4) is 0 Å². The maximum atomic E-state index is 10.00. The molecule has 0 radical (unpaired) electrons. The predicted octanol–water partition coefficient (Wildman–Crippen LogP) is -5.89. The summed E-state index contributed by atoms with van der Waals surface area (Å²) in [5.74, 6) is -2.22. The van der Waals surface area contributed by atoms with Gasteiger partial charge >= 0.3 is 10.4 Å². The van der Waals surface area contributed by atoms with Gasteiger partial charge in [0, 0.05) is 0 Å². The Morgan fingerprint density at radius 2 is 1.31 bits per heavy atom. The Labute approximate surface area is 164 Å². The van der Waals surface area contributed by atoms with E-state index in [1.54, 1.807) is 0 Å². The van der Waals surface area contributed by atoms with Gasteiger partial charge in [0.2, 0.25) is 5.79 Å². The van der Waals surface area contributed by atoms with E-state index in [1.807, 2.05) is 0 Å². The Kier molecular flexibility index (Phi) is 10.9. The molecule has 2 rings (SSSR count). The standard InChI is InChI=1S/C12H22O11.H3N.H2O4S/c13-1-4-6(16)8(18)9(19)11(21-4)23-12(3-15)10(20)7(17)5(2-14)22-12;;1-5(2,3)4/h4-11,13-20H,1-3H2;1H3;(H2,1,2,3,4)/t4-,5-,6-,7-,8+,9-,10+,11-,12+;;/m1../s1. The summed E-state index contributed by atoms with van der Waals surface area (Å²) in [5.41, 5.74) is 0. The molecule has 13 N–H and O–H groups in total. The summed E-state index contributed by atoms with van der Waals surface area (Å²) in [7, 11) is -4.67. The van der Waals surface area contributed by atoms with Crippen LogP contribution in [0.1, 0.15) is 0 Å². The van der Waals surface area contributed by atoms with Crippen molar-refractivity contribution in [2.45, 2.75) is 54.8 Å². The topological polar surface area (TPSA) is 299 Å². The van der Waals surface area contributed by atoms with E-state index in [9.17, 15) is 30.6 Å². The van der Waals surface area contributed by atoms with Gasteiger partial charge in [-0.15, -0.1) is 0 Å². The third-order valence-corrected chi connectivity index (χ3v) is 4.07. The summed E-state index contributed by atoms with van der Waals surface area (Å²) in [4.78, 5) is 0. The fraction of sp³-hybridized carbons (Fsp3) is 1.00. The van der Waals surface area contributed by atoms with Crippen molar-refractivity contribution in [3.8, 4) is 0 Å². The van der Waals surface area contributed by atoms with E-state index < -0.39 is 85.0 Å². The second-order valence-electron chi connectivity index (χ2n) is 6.01. The lowest BCUT2D eigenvalue weighted by atomic mass is 9.99. The van der Waals surface area contributed by atoms with Crippen LogP contribution in [0.15, 0.2) is 0 Å². The monoisotopic (exact) mass is 457 g/mol. The molecule has 2 aliphatic heterocycles. The van der Waals surface area contributed by atoms with E-state index >= 15 is 0 Å². The minimum absolute atomic E-state index is 0. The van der Waals surface area contributed by atoms with Crippen molar-refractivity contribution in [3.63, 3.8) is 0 Å². The maximum absolute atomic E-state index is 10.00. The molecule has 2 fully saturated rings. The summed E-state index contributed by atoms with van der Waals surface area (Å²) in [6.45, 7) is -2.32. The Balaban J connectivity index is 0.00000117. The largest absolute Gasteiger partial charge is 0.394 e. The first-order valence-corrected chi connectivity index (χ1v) is 9.14. The summed E-state index contributed by atoms with van der Waals surface area (Å²) in [6, 6.07) is 0. The van der Waals surface area contributed by atoms with Crippen molar-refractivity contribution in [3.05, 3.63) is 0 Å². The molecule has 0 aromatic carbocycles. The Morgan fingerprint density at radius 3 is 1.69 bits per heavy atom. The smallest absolute Gasteiger partial charge is 0.394 e. The molecule has 0 saturated carbocycles. The van der Waals surface area contributed by atoms with Crippen LogP contribution in [0, 0.1) is 0 Å². The van der Waals surface area contributed by atoms with Crippen molar-refractivity contribution in [2.24, 2.45) is 0 Å². The van der Waals surface area contributed by atoms with Gasteiger partial charge in [0.25, 0.3) is 0 Å².